The van der Waals surface area contributed by atoms with Gasteiger partial charge in [0.25, 0.3) is 0 Å². The third-order valence-electron chi connectivity index (χ3n) is 3.63. The smallest absolute Gasteiger partial charge is 0.250 e. The lowest BCUT2D eigenvalue weighted by Gasteiger charge is -2.18. The minimum Gasteiger partial charge on any atom is -0.439 e. The number of carbonyl (C=O) groups is 1. The summed E-state index contributed by atoms with van der Waals surface area (Å²) in [5, 5.41) is 0. The fraction of sp³-hybridized carbons (Fsp3) is 0.368. The lowest BCUT2D eigenvalue weighted by atomic mass is 10.1. The number of benzene rings is 1. The summed E-state index contributed by atoms with van der Waals surface area (Å²) in [5.41, 5.74) is 6.82. The summed E-state index contributed by atoms with van der Waals surface area (Å²) in [5.74, 6) is 1.33. The van der Waals surface area contributed by atoms with Gasteiger partial charge in [-0.3, -0.25) is 4.79 Å². The van der Waals surface area contributed by atoms with E-state index in [0.717, 1.165) is 19.5 Å². The van der Waals surface area contributed by atoms with Gasteiger partial charge in [-0.2, -0.15) is 0 Å². The van der Waals surface area contributed by atoms with E-state index in [1.54, 1.807) is 12.1 Å². The molecule has 0 saturated heterocycles. The van der Waals surface area contributed by atoms with Gasteiger partial charge in [0.2, 0.25) is 11.8 Å². The van der Waals surface area contributed by atoms with Crippen molar-refractivity contribution in [1.29, 1.82) is 0 Å². The van der Waals surface area contributed by atoms with Crippen molar-refractivity contribution in [2.24, 2.45) is 11.7 Å². The normalized spacial score (nSPS) is 11.0. The van der Waals surface area contributed by atoms with Crippen molar-refractivity contribution in [2.75, 3.05) is 20.1 Å². The predicted octanol–water partition coefficient (Wildman–Crippen LogP) is 3.10. The summed E-state index contributed by atoms with van der Waals surface area (Å²) >= 11 is 0. The highest BCUT2D eigenvalue weighted by atomic mass is 16.5. The predicted molar refractivity (Wildman–Crippen MR) is 95.3 cm³/mol. The molecule has 5 nitrogen and oxygen atoms in total. The van der Waals surface area contributed by atoms with Gasteiger partial charge in [0.15, 0.2) is 0 Å². The maximum absolute atomic E-state index is 11.0. The van der Waals surface area contributed by atoms with E-state index in [9.17, 15) is 4.79 Å². The fourth-order valence-electron chi connectivity index (χ4n) is 2.47. The number of amides is 1. The highest BCUT2D eigenvalue weighted by Crippen LogP contribution is 2.20. The van der Waals surface area contributed by atoms with Crippen LogP contribution < -0.4 is 10.5 Å². The second-order valence-electron chi connectivity index (χ2n) is 6.40. The van der Waals surface area contributed by atoms with Crippen LogP contribution in [0.3, 0.4) is 0 Å². The number of ether oxygens (including phenoxy) is 1. The van der Waals surface area contributed by atoms with E-state index in [2.05, 4.69) is 42.9 Å². The van der Waals surface area contributed by atoms with E-state index in [1.807, 2.05) is 12.1 Å². The molecule has 0 radical (unpaired) electrons. The highest BCUT2D eigenvalue weighted by molar-refractivity contribution is 5.92. The van der Waals surface area contributed by atoms with Crippen LogP contribution in [-0.4, -0.2) is 35.9 Å². The van der Waals surface area contributed by atoms with Gasteiger partial charge in [-0.15, -0.1) is 0 Å². The standard InChI is InChI=1S/C19H25N3O2/c1-14(2)13-22(3)11-10-15-4-7-17(8-5-15)24-18-9-6-16(12-21-18)19(20)23/h4-9,12,14H,10-11,13H2,1-3H3,(H2,20,23). The van der Waals surface area contributed by atoms with Crippen LogP contribution in [0.5, 0.6) is 11.6 Å². The first-order valence-corrected chi connectivity index (χ1v) is 8.15. The molecule has 1 aromatic heterocycles. The average Bonchev–Trinajstić information content (AvgIpc) is 2.54. The van der Waals surface area contributed by atoms with Gasteiger partial charge in [-0.05, 0) is 43.1 Å². The molecule has 2 rings (SSSR count). The zero-order chi connectivity index (χ0) is 17.5. The Bertz CT molecular complexity index is 651. The molecule has 2 aromatic rings. The number of rotatable bonds is 8. The highest BCUT2D eigenvalue weighted by Gasteiger charge is 2.05. The first-order valence-electron chi connectivity index (χ1n) is 8.15. The van der Waals surface area contributed by atoms with Gasteiger partial charge in [-0.25, -0.2) is 4.98 Å². The van der Waals surface area contributed by atoms with Crippen molar-refractivity contribution >= 4 is 5.91 Å². The molecular weight excluding hydrogens is 302 g/mol. The number of aromatic nitrogens is 1. The zero-order valence-corrected chi connectivity index (χ0v) is 14.5. The SMILES string of the molecule is CC(C)CN(C)CCc1ccc(Oc2ccc(C(N)=O)cn2)cc1. The van der Waals surface area contributed by atoms with Crippen molar-refractivity contribution in [3.05, 3.63) is 53.7 Å². The third-order valence-corrected chi connectivity index (χ3v) is 3.63. The molecule has 5 heteroatoms. The molecule has 1 amide bonds. The third kappa shape index (κ3) is 5.66. The number of primary amides is 1. The van der Waals surface area contributed by atoms with Crippen molar-refractivity contribution in [1.82, 2.24) is 9.88 Å². The molecule has 128 valence electrons. The number of nitrogens with two attached hydrogens (primary N) is 1. The first-order chi connectivity index (χ1) is 11.4. The van der Waals surface area contributed by atoms with E-state index in [-0.39, 0.29) is 0 Å². The Hall–Kier alpha value is -2.40. The summed E-state index contributed by atoms with van der Waals surface area (Å²) in [6.45, 7) is 6.60. The quantitative estimate of drug-likeness (QED) is 0.809. The molecule has 0 saturated carbocycles. The Morgan fingerprint density at radius 1 is 1.21 bits per heavy atom. The van der Waals surface area contributed by atoms with Crippen LogP contribution in [0.1, 0.15) is 29.8 Å². The Morgan fingerprint density at radius 2 is 1.92 bits per heavy atom. The summed E-state index contributed by atoms with van der Waals surface area (Å²) in [7, 11) is 2.15. The summed E-state index contributed by atoms with van der Waals surface area (Å²) in [6, 6.07) is 11.2. The second-order valence-corrected chi connectivity index (χ2v) is 6.40. The molecule has 0 fully saturated rings. The first kappa shape index (κ1) is 17.9. The number of hydrogen-bond acceptors (Lipinski definition) is 4. The van der Waals surface area contributed by atoms with Gasteiger partial charge in [0.05, 0.1) is 5.56 Å². The Morgan fingerprint density at radius 3 is 2.46 bits per heavy atom. The van der Waals surface area contributed by atoms with Gasteiger partial charge >= 0.3 is 0 Å². The molecule has 1 heterocycles. The molecule has 0 bridgehead atoms. The van der Waals surface area contributed by atoms with Crippen molar-refractivity contribution in [3.63, 3.8) is 0 Å². The number of carbonyl (C=O) groups excluding carboxylic acids is 1. The summed E-state index contributed by atoms with van der Waals surface area (Å²) in [4.78, 5) is 17.4. The topological polar surface area (TPSA) is 68.5 Å². The molecule has 24 heavy (non-hydrogen) atoms. The lowest BCUT2D eigenvalue weighted by Crippen LogP contribution is -2.25. The summed E-state index contributed by atoms with van der Waals surface area (Å²) < 4.78 is 5.67. The van der Waals surface area contributed by atoms with Crippen LogP contribution in [-0.2, 0) is 6.42 Å². The second kappa shape index (κ2) is 8.45. The van der Waals surface area contributed by atoms with Crippen LogP contribution in [0.2, 0.25) is 0 Å². The molecule has 0 atom stereocenters. The van der Waals surface area contributed by atoms with E-state index in [1.165, 1.54) is 11.8 Å². The minimum absolute atomic E-state index is 0.364. The molecule has 2 N–H and O–H groups in total. The Kier molecular flexibility index (Phi) is 6.32. The van der Waals surface area contributed by atoms with E-state index >= 15 is 0 Å². The van der Waals surface area contributed by atoms with E-state index in [4.69, 9.17) is 10.5 Å². The van der Waals surface area contributed by atoms with Crippen LogP contribution in [0, 0.1) is 5.92 Å². The number of pyridine rings is 1. The van der Waals surface area contributed by atoms with Crippen LogP contribution >= 0.6 is 0 Å². The molecular formula is C19H25N3O2. The number of likely N-dealkylation sites (N-methyl/N-ethyl adjacent to an activating group) is 1. The maximum atomic E-state index is 11.0. The van der Waals surface area contributed by atoms with Crippen LogP contribution in [0.15, 0.2) is 42.6 Å². The molecule has 0 aliphatic carbocycles. The summed E-state index contributed by atoms with van der Waals surface area (Å²) in [6.07, 6.45) is 2.42. The largest absolute Gasteiger partial charge is 0.439 e. The average molecular weight is 327 g/mol. The van der Waals surface area contributed by atoms with Gasteiger partial charge in [0.1, 0.15) is 5.75 Å². The zero-order valence-electron chi connectivity index (χ0n) is 14.5. The molecule has 0 unspecified atom stereocenters. The number of nitrogens with zero attached hydrogens (tertiary/aromatic N) is 2. The Labute approximate surface area is 143 Å². The van der Waals surface area contributed by atoms with Gasteiger partial charge in [0, 0.05) is 25.4 Å². The van der Waals surface area contributed by atoms with Gasteiger partial charge in [-0.1, -0.05) is 26.0 Å². The monoisotopic (exact) mass is 327 g/mol. The Balaban J connectivity index is 1.88. The van der Waals surface area contributed by atoms with Crippen molar-refractivity contribution < 1.29 is 9.53 Å². The molecule has 0 aliphatic heterocycles. The van der Waals surface area contributed by atoms with E-state index in [0.29, 0.717) is 23.1 Å². The fourth-order valence-corrected chi connectivity index (χ4v) is 2.47. The van der Waals surface area contributed by atoms with E-state index < -0.39 is 5.91 Å². The number of hydrogen-bond donors (Lipinski definition) is 1. The van der Waals surface area contributed by atoms with Crippen LogP contribution in [0.4, 0.5) is 0 Å². The molecule has 0 spiro atoms. The molecule has 0 aliphatic rings. The molecule has 1 aromatic carbocycles. The lowest BCUT2D eigenvalue weighted by molar-refractivity contribution is 0.1000. The minimum atomic E-state index is -0.499. The van der Waals surface area contributed by atoms with Gasteiger partial charge < -0.3 is 15.4 Å². The van der Waals surface area contributed by atoms with Crippen LogP contribution in [0.25, 0.3) is 0 Å². The van der Waals surface area contributed by atoms with Crippen molar-refractivity contribution in [2.45, 2.75) is 20.3 Å². The maximum Gasteiger partial charge on any atom is 0.250 e. The van der Waals surface area contributed by atoms with Crippen molar-refractivity contribution in [3.8, 4) is 11.6 Å².